The predicted octanol–water partition coefficient (Wildman–Crippen LogP) is 1.44. The zero-order chi connectivity index (χ0) is 12.8. The van der Waals surface area contributed by atoms with Crippen molar-refractivity contribution in [2.45, 2.75) is 51.4 Å². The molecule has 2 rings (SSSR count). The number of nitrogens with zero attached hydrogens (tertiary/aromatic N) is 1. The molecule has 4 nitrogen and oxygen atoms in total. The van der Waals surface area contributed by atoms with Gasteiger partial charge in [0.15, 0.2) is 5.60 Å². The molecule has 0 radical (unpaired) electrons. The first-order valence-corrected chi connectivity index (χ1v) is 6.45. The minimum absolute atomic E-state index is 0.205. The maximum Gasteiger partial charge on any atom is 0.341 e. The molecule has 0 amide bonds. The van der Waals surface area contributed by atoms with Crippen LogP contribution in [0.15, 0.2) is 0 Å². The third-order valence-electron chi connectivity index (χ3n) is 4.53. The van der Waals surface area contributed by atoms with Crippen LogP contribution in [-0.4, -0.2) is 48.3 Å². The fourth-order valence-corrected chi connectivity index (χ4v) is 3.18. The van der Waals surface area contributed by atoms with Crippen LogP contribution >= 0.6 is 0 Å². The first-order chi connectivity index (χ1) is 7.87. The van der Waals surface area contributed by atoms with E-state index in [4.69, 9.17) is 9.47 Å². The highest BCUT2D eigenvalue weighted by atomic mass is 16.7. The normalized spacial score (nSPS) is 45.9. The lowest BCUT2D eigenvalue weighted by Gasteiger charge is -2.39. The molecule has 2 heterocycles. The Morgan fingerprint density at radius 1 is 1.53 bits per heavy atom. The van der Waals surface area contributed by atoms with E-state index in [0.717, 1.165) is 13.0 Å². The summed E-state index contributed by atoms with van der Waals surface area (Å²) in [5.41, 5.74) is -1.02. The Morgan fingerprint density at radius 3 is 2.76 bits per heavy atom. The van der Waals surface area contributed by atoms with Gasteiger partial charge in [-0.1, -0.05) is 6.92 Å². The number of piperidine rings is 1. The van der Waals surface area contributed by atoms with Crippen LogP contribution in [0.1, 0.15) is 34.1 Å². The molecule has 17 heavy (non-hydrogen) atoms. The lowest BCUT2D eigenvalue weighted by Crippen LogP contribution is -2.51. The van der Waals surface area contributed by atoms with Gasteiger partial charge < -0.3 is 14.4 Å². The van der Waals surface area contributed by atoms with Crippen molar-refractivity contribution in [3.05, 3.63) is 0 Å². The molecule has 2 aliphatic heterocycles. The zero-order valence-electron chi connectivity index (χ0n) is 11.4. The van der Waals surface area contributed by atoms with Crippen LogP contribution in [0.2, 0.25) is 0 Å². The van der Waals surface area contributed by atoms with E-state index in [-0.39, 0.29) is 11.6 Å². The fourth-order valence-electron chi connectivity index (χ4n) is 3.18. The van der Waals surface area contributed by atoms with Crippen LogP contribution < -0.4 is 0 Å². The monoisotopic (exact) mass is 241 g/mol. The van der Waals surface area contributed by atoms with Crippen molar-refractivity contribution in [2.24, 2.45) is 5.92 Å². The summed E-state index contributed by atoms with van der Waals surface area (Å²) in [7, 11) is 2.12. The Labute approximate surface area is 103 Å². The third kappa shape index (κ3) is 1.69. The van der Waals surface area contributed by atoms with E-state index >= 15 is 0 Å². The van der Waals surface area contributed by atoms with Crippen molar-refractivity contribution in [1.29, 1.82) is 0 Å². The van der Waals surface area contributed by atoms with E-state index in [9.17, 15) is 4.79 Å². The van der Waals surface area contributed by atoms with Gasteiger partial charge in [-0.25, -0.2) is 4.79 Å². The number of carbonyl (C=O) groups excluding carboxylic acids is 1. The molecular formula is C13H23NO3. The van der Waals surface area contributed by atoms with Crippen molar-refractivity contribution < 1.29 is 14.3 Å². The third-order valence-corrected chi connectivity index (χ3v) is 4.53. The lowest BCUT2D eigenvalue weighted by atomic mass is 9.76. The zero-order valence-corrected chi connectivity index (χ0v) is 11.4. The first kappa shape index (κ1) is 12.8. The molecule has 1 spiro atoms. The van der Waals surface area contributed by atoms with Crippen LogP contribution in [0.5, 0.6) is 0 Å². The van der Waals surface area contributed by atoms with Crippen LogP contribution in [0, 0.1) is 5.92 Å². The maximum atomic E-state index is 12.0. The van der Waals surface area contributed by atoms with E-state index in [1.807, 2.05) is 13.8 Å². The number of epoxide rings is 1. The summed E-state index contributed by atoms with van der Waals surface area (Å²) in [5, 5.41) is 0. The average molecular weight is 241 g/mol. The minimum atomic E-state index is -0.724. The van der Waals surface area contributed by atoms with Gasteiger partial charge in [0.1, 0.15) is 5.60 Å². The predicted molar refractivity (Wildman–Crippen MR) is 64.7 cm³/mol. The van der Waals surface area contributed by atoms with Gasteiger partial charge in [-0.15, -0.1) is 0 Å². The van der Waals surface area contributed by atoms with Crippen molar-refractivity contribution >= 4 is 5.97 Å². The summed E-state index contributed by atoms with van der Waals surface area (Å²) >= 11 is 0. The van der Waals surface area contributed by atoms with Crippen LogP contribution in [-0.2, 0) is 14.3 Å². The number of hydrogen-bond acceptors (Lipinski definition) is 4. The molecule has 4 atom stereocenters. The van der Waals surface area contributed by atoms with Crippen molar-refractivity contribution in [3.63, 3.8) is 0 Å². The fraction of sp³-hybridized carbons (Fsp3) is 0.923. The smallest absolute Gasteiger partial charge is 0.341 e. The SMILES string of the molecule is CCOC(=O)[C@@]1(C)O[C@@]12C[C@@H](C)N(C)C[C@@H]2C. The topological polar surface area (TPSA) is 42.1 Å². The standard InChI is InChI=1S/C13H23NO3/c1-6-16-11(15)12(4)13(17-12)7-10(3)14(5)8-9(13)2/h9-10H,6-8H2,1-5H3/t9-,10+,12+,13+/m0/s1. The second-order valence-electron chi connectivity index (χ2n) is 5.64. The van der Waals surface area contributed by atoms with E-state index in [2.05, 4.69) is 25.8 Å². The highest BCUT2D eigenvalue weighted by Gasteiger charge is 2.75. The van der Waals surface area contributed by atoms with Crippen molar-refractivity contribution in [3.8, 4) is 0 Å². The molecule has 0 bridgehead atoms. The van der Waals surface area contributed by atoms with E-state index in [1.165, 1.54) is 0 Å². The van der Waals surface area contributed by atoms with Crippen molar-refractivity contribution in [1.82, 2.24) is 4.90 Å². The second-order valence-corrected chi connectivity index (χ2v) is 5.64. The number of carbonyl (C=O) groups is 1. The highest BCUT2D eigenvalue weighted by Crippen LogP contribution is 2.58. The molecule has 98 valence electrons. The molecular weight excluding hydrogens is 218 g/mol. The van der Waals surface area contributed by atoms with Gasteiger partial charge in [-0.3, -0.25) is 0 Å². The van der Waals surface area contributed by atoms with Gasteiger partial charge in [-0.2, -0.15) is 0 Å². The van der Waals surface area contributed by atoms with Gasteiger partial charge >= 0.3 is 5.97 Å². The molecule has 0 aromatic heterocycles. The second kappa shape index (κ2) is 3.95. The maximum absolute atomic E-state index is 12.0. The van der Waals surface area contributed by atoms with Gasteiger partial charge in [0.25, 0.3) is 0 Å². The number of esters is 1. The van der Waals surface area contributed by atoms with Crippen LogP contribution in [0.4, 0.5) is 0 Å². The van der Waals surface area contributed by atoms with E-state index in [1.54, 1.807) is 0 Å². The Morgan fingerprint density at radius 2 is 2.18 bits per heavy atom. The van der Waals surface area contributed by atoms with Gasteiger partial charge in [0.2, 0.25) is 0 Å². The number of likely N-dealkylation sites (tertiary alicyclic amines) is 1. The largest absolute Gasteiger partial charge is 0.464 e. The summed E-state index contributed by atoms with van der Waals surface area (Å²) in [6, 6.07) is 0.447. The molecule has 4 heteroatoms. The first-order valence-electron chi connectivity index (χ1n) is 6.45. The Balaban J connectivity index is 2.15. The number of ether oxygens (including phenoxy) is 2. The number of hydrogen-bond donors (Lipinski definition) is 0. The Hall–Kier alpha value is -0.610. The summed E-state index contributed by atoms with van der Waals surface area (Å²) in [5.74, 6) is 0.154. The molecule has 2 saturated heterocycles. The summed E-state index contributed by atoms with van der Waals surface area (Å²) in [6.45, 7) is 9.43. The van der Waals surface area contributed by atoms with Crippen molar-refractivity contribution in [2.75, 3.05) is 20.2 Å². The Bertz CT molecular complexity index is 333. The highest BCUT2D eigenvalue weighted by molar-refractivity contribution is 5.84. The molecule has 0 saturated carbocycles. The minimum Gasteiger partial charge on any atom is -0.464 e. The van der Waals surface area contributed by atoms with E-state index in [0.29, 0.717) is 18.6 Å². The molecule has 0 aromatic rings. The average Bonchev–Trinajstić information content (AvgIpc) is 2.85. The Kier molecular flexibility index (Phi) is 2.99. The lowest BCUT2D eigenvalue weighted by molar-refractivity contribution is -0.149. The van der Waals surface area contributed by atoms with E-state index < -0.39 is 5.60 Å². The van der Waals surface area contributed by atoms with Crippen LogP contribution in [0.25, 0.3) is 0 Å². The molecule has 2 aliphatic rings. The molecule has 0 aromatic carbocycles. The molecule has 0 N–H and O–H groups in total. The summed E-state index contributed by atoms with van der Waals surface area (Å²) in [4.78, 5) is 14.3. The van der Waals surface area contributed by atoms with Gasteiger partial charge in [-0.05, 0) is 34.2 Å². The quantitative estimate of drug-likeness (QED) is 0.542. The van der Waals surface area contributed by atoms with Gasteiger partial charge in [0.05, 0.1) is 6.61 Å². The molecule has 0 aliphatic carbocycles. The summed E-state index contributed by atoms with van der Waals surface area (Å²) < 4.78 is 11.0. The van der Waals surface area contributed by atoms with Crippen LogP contribution in [0.3, 0.4) is 0 Å². The van der Waals surface area contributed by atoms with Gasteiger partial charge in [0, 0.05) is 18.5 Å². The molecule has 2 fully saturated rings. The number of rotatable bonds is 2. The summed E-state index contributed by atoms with van der Waals surface area (Å²) in [6.07, 6.45) is 0.903. The molecule has 0 unspecified atom stereocenters.